The summed E-state index contributed by atoms with van der Waals surface area (Å²) < 4.78 is 5.60. The van der Waals surface area contributed by atoms with Crippen LogP contribution in [0.2, 0.25) is 0 Å². The Morgan fingerprint density at radius 3 is 2.95 bits per heavy atom. The largest absolute Gasteiger partial charge is 0.441 e. The quantitative estimate of drug-likeness (QED) is 0.658. The molecule has 1 aromatic carbocycles. The van der Waals surface area contributed by atoms with Gasteiger partial charge in [0.05, 0.1) is 11.1 Å². The third-order valence-corrected chi connectivity index (χ3v) is 2.85. The molecule has 2 aromatic rings. The van der Waals surface area contributed by atoms with Gasteiger partial charge in [0.25, 0.3) is 5.69 Å². The second-order valence-electron chi connectivity index (χ2n) is 4.27. The fourth-order valence-corrected chi connectivity index (χ4v) is 1.79. The summed E-state index contributed by atoms with van der Waals surface area (Å²) in [7, 11) is 0. The number of nitro groups is 1. The predicted molar refractivity (Wildman–Crippen MR) is 70.7 cm³/mol. The SMILES string of the molecule is Cc1ccc([N+](=O)[O-])cc1-c1cnc(CCCN)o1. The van der Waals surface area contributed by atoms with Crippen LogP contribution in [0, 0.1) is 17.0 Å². The van der Waals surface area contributed by atoms with E-state index in [0.29, 0.717) is 30.2 Å². The molecule has 0 spiro atoms. The Balaban J connectivity index is 2.32. The lowest BCUT2D eigenvalue weighted by molar-refractivity contribution is -0.384. The molecule has 2 N–H and O–H groups in total. The Morgan fingerprint density at radius 1 is 1.47 bits per heavy atom. The van der Waals surface area contributed by atoms with Crippen molar-refractivity contribution in [2.45, 2.75) is 19.8 Å². The van der Waals surface area contributed by atoms with Gasteiger partial charge < -0.3 is 10.2 Å². The smallest absolute Gasteiger partial charge is 0.270 e. The molecule has 1 aromatic heterocycles. The fourth-order valence-electron chi connectivity index (χ4n) is 1.79. The van der Waals surface area contributed by atoms with Crippen molar-refractivity contribution < 1.29 is 9.34 Å². The van der Waals surface area contributed by atoms with Crippen molar-refractivity contribution in [3.8, 4) is 11.3 Å². The van der Waals surface area contributed by atoms with Gasteiger partial charge in [-0.05, 0) is 25.5 Å². The third-order valence-electron chi connectivity index (χ3n) is 2.85. The number of benzene rings is 1. The van der Waals surface area contributed by atoms with Crippen LogP contribution in [0.25, 0.3) is 11.3 Å². The molecule has 0 radical (unpaired) electrons. The van der Waals surface area contributed by atoms with Crippen molar-refractivity contribution in [1.29, 1.82) is 0 Å². The summed E-state index contributed by atoms with van der Waals surface area (Å²) in [5.74, 6) is 1.15. The molecule has 6 nitrogen and oxygen atoms in total. The number of nitrogens with two attached hydrogens (primary N) is 1. The minimum atomic E-state index is -0.422. The molecule has 0 saturated heterocycles. The number of hydrogen-bond donors (Lipinski definition) is 1. The summed E-state index contributed by atoms with van der Waals surface area (Å²) in [6, 6.07) is 4.68. The van der Waals surface area contributed by atoms with Gasteiger partial charge in [-0.1, -0.05) is 6.07 Å². The molecule has 100 valence electrons. The molecule has 1 heterocycles. The summed E-state index contributed by atoms with van der Waals surface area (Å²) in [4.78, 5) is 14.5. The van der Waals surface area contributed by atoms with Gasteiger partial charge in [0.2, 0.25) is 0 Å². The molecule has 2 rings (SSSR count). The minimum Gasteiger partial charge on any atom is -0.441 e. The van der Waals surface area contributed by atoms with Crippen LogP contribution in [0.15, 0.2) is 28.8 Å². The third kappa shape index (κ3) is 2.97. The maximum Gasteiger partial charge on any atom is 0.270 e. The summed E-state index contributed by atoms with van der Waals surface area (Å²) >= 11 is 0. The number of nitrogens with zero attached hydrogens (tertiary/aromatic N) is 2. The molecule has 0 bridgehead atoms. The lowest BCUT2D eigenvalue weighted by atomic mass is 10.1. The zero-order chi connectivity index (χ0) is 13.8. The summed E-state index contributed by atoms with van der Waals surface area (Å²) in [6.07, 6.45) is 3.07. The minimum absolute atomic E-state index is 0.0421. The van der Waals surface area contributed by atoms with E-state index < -0.39 is 4.92 Å². The first-order chi connectivity index (χ1) is 9.11. The fraction of sp³-hybridized carbons (Fsp3) is 0.308. The Morgan fingerprint density at radius 2 is 2.26 bits per heavy atom. The summed E-state index contributed by atoms with van der Waals surface area (Å²) in [5, 5.41) is 10.8. The van der Waals surface area contributed by atoms with Crippen LogP contribution in [-0.2, 0) is 6.42 Å². The number of nitro benzene ring substituents is 1. The lowest BCUT2D eigenvalue weighted by Crippen LogP contribution is -2.00. The Labute approximate surface area is 110 Å². The van der Waals surface area contributed by atoms with Crippen LogP contribution in [0.5, 0.6) is 0 Å². The van der Waals surface area contributed by atoms with Crippen LogP contribution < -0.4 is 5.73 Å². The highest BCUT2D eigenvalue weighted by molar-refractivity contribution is 5.64. The molecular formula is C13H15N3O3. The van der Waals surface area contributed by atoms with E-state index >= 15 is 0 Å². The number of hydrogen-bond acceptors (Lipinski definition) is 5. The second kappa shape index (κ2) is 5.62. The first-order valence-corrected chi connectivity index (χ1v) is 6.02. The average Bonchev–Trinajstić information content (AvgIpc) is 2.85. The van der Waals surface area contributed by atoms with E-state index in [1.807, 2.05) is 6.92 Å². The standard InChI is InChI=1S/C13H15N3O3/c1-9-4-5-10(16(17)18)7-11(9)12-8-15-13(19-12)3-2-6-14/h4-5,7-8H,2-3,6,14H2,1H3. The monoisotopic (exact) mass is 261 g/mol. The maximum atomic E-state index is 10.8. The molecule has 0 aliphatic carbocycles. The van der Waals surface area contributed by atoms with Gasteiger partial charge >= 0.3 is 0 Å². The van der Waals surface area contributed by atoms with E-state index in [1.54, 1.807) is 12.3 Å². The molecule has 0 saturated carbocycles. The second-order valence-corrected chi connectivity index (χ2v) is 4.27. The van der Waals surface area contributed by atoms with E-state index in [9.17, 15) is 10.1 Å². The zero-order valence-corrected chi connectivity index (χ0v) is 10.6. The molecule has 0 aliphatic heterocycles. The van der Waals surface area contributed by atoms with E-state index in [4.69, 9.17) is 10.2 Å². The topological polar surface area (TPSA) is 95.2 Å². The van der Waals surface area contributed by atoms with Crippen molar-refractivity contribution in [1.82, 2.24) is 4.98 Å². The van der Waals surface area contributed by atoms with E-state index in [2.05, 4.69) is 4.98 Å². The average molecular weight is 261 g/mol. The van der Waals surface area contributed by atoms with Gasteiger partial charge in [0.15, 0.2) is 11.7 Å². The summed E-state index contributed by atoms with van der Waals surface area (Å²) in [5.41, 5.74) is 7.07. The van der Waals surface area contributed by atoms with Crippen molar-refractivity contribution in [3.05, 3.63) is 46.0 Å². The van der Waals surface area contributed by atoms with Crippen LogP contribution >= 0.6 is 0 Å². The normalized spacial score (nSPS) is 10.6. The Hall–Kier alpha value is -2.21. The highest BCUT2D eigenvalue weighted by Gasteiger charge is 2.13. The Kier molecular flexibility index (Phi) is 3.91. The van der Waals surface area contributed by atoms with Crippen molar-refractivity contribution in [2.75, 3.05) is 6.54 Å². The highest BCUT2D eigenvalue weighted by atomic mass is 16.6. The van der Waals surface area contributed by atoms with Crippen LogP contribution in [0.1, 0.15) is 17.9 Å². The highest BCUT2D eigenvalue weighted by Crippen LogP contribution is 2.28. The molecule has 6 heteroatoms. The van der Waals surface area contributed by atoms with E-state index in [0.717, 1.165) is 12.0 Å². The predicted octanol–water partition coefficient (Wildman–Crippen LogP) is 2.45. The molecule has 0 unspecified atom stereocenters. The first-order valence-electron chi connectivity index (χ1n) is 6.02. The van der Waals surface area contributed by atoms with E-state index in [1.165, 1.54) is 12.1 Å². The molecular weight excluding hydrogens is 246 g/mol. The van der Waals surface area contributed by atoms with Crippen molar-refractivity contribution >= 4 is 5.69 Å². The number of rotatable bonds is 5. The first kappa shape index (κ1) is 13.2. The van der Waals surface area contributed by atoms with Crippen molar-refractivity contribution in [2.24, 2.45) is 5.73 Å². The van der Waals surface area contributed by atoms with Crippen LogP contribution in [0.3, 0.4) is 0 Å². The molecule has 0 amide bonds. The van der Waals surface area contributed by atoms with Crippen LogP contribution in [0.4, 0.5) is 5.69 Å². The van der Waals surface area contributed by atoms with Gasteiger partial charge in [0.1, 0.15) is 0 Å². The summed E-state index contributed by atoms with van der Waals surface area (Å²) in [6.45, 7) is 2.45. The van der Waals surface area contributed by atoms with Gasteiger partial charge in [-0.15, -0.1) is 0 Å². The van der Waals surface area contributed by atoms with Crippen LogP contribution in [-0.4, -0.2) is 16.5 Å². The van der Waals surface area contributed by atoms with Gasteiger partial charge in [-0.25, -0.2) is 4.98 Å². The maximum absolute atomic E-state index is 10.8. The molecule has 19 heavy (non-hydrogen) atoms. The van der Waals surface area contributed by atoms with Gasteiger partial charge in [-0.2, -0.15) is 0 Å². The van der Waals surface area contributed by atoms with Gasteiger partial charge in [-0.3, -0.25) is 10.1 Å². The zero-order valence-electron chi connectivity index (χ0n) is 10.6. The van der Waals surface area contributed by atoms with Gasteiger partial charge in [0, 0.05) is 24.1 Å². The number of oxazole rings is 1. The number of aromatic nitrogens is 1. The molecule has 0 fully saturated rings. The number of aryl methyl sites for hydroxylation is 2. The number of non-ortho nitro benzene ring substituents is 1. The Bertz CT molecular complexity index is 593. The van der Waals surface area contributed by atoms with E-state index in [-0.39, 0.29) is 5.69 Å². The molecule has 0 atom stereocenters. The van der Waals surface area contributed by atoms with Crippen molar-refractivity contribution in [3.63, 3.8) is 0 Å². The molecule has 0 aliphatic rings. The lowest BCUT2D eigenvalue weighted by Gasteiger charge is -2.01.